The fourth-order valence-electron chi connectivity index (χ4n) is 2.27. The Labute approximate surface area is 154 Å². The molecule has 0 aliphatic carbocycles. The molecule has 0 aliphatic heterocycles. The fourth-order valence-corrected chi connectivity index (χ4v) is 2.96. The molecule has 0 bridgehead atoms. The van der Waals surface area contributed by atoms with E-state index in [0.29, 0.717) is 24.3 Å². The zero-order valence-electron chi connectivity index (χ0n) is 15.1. The second-order valence-electron chi connectivity index (χ2n) is 5.78. The minimum atomic E-state index is -1.00. The molecular formula is C19H29NO4S. The molecular weight excluding hydrogens is 338 g/mol. The lowest BCUT2D eigenvalue weighted by Crippen LogP contribution is -2.41. The lowest BCUT2D eigenvalue weighted by molar-refractivity contribution is -0.139. The van der Waals surface area contributed by atoms with Crippen LogP contribution in [0.3, 0.4) is 0 Å². The number of hydrogen-bond acceptors (Lipinski definition) is 4. The topological polar surface area (TPSA) is 75.6 Å². The molecule has 140 valence electrons. The Morgan fingerprint density at radius 1 is 1.16 bits per heavy atom. The van der Waals surface area contributed by atoms with Gasteiger partial charge in [0.1, 0.15) is 11.8 Å². The van der Waals surface area contributed by atoms with Gasteiger partial charge in [-0.15, -0.1) is 0 Å². The number of rotatable bonds is 13. The lowest BCUT2D eigenvalue weighted by Gasteiger charge is -2.14. The van der Waals surface area contributed by atoms with E-state index in [0.717, 1.165) is 24.3 Å². The quantitative estimate of drug-likeness (QED) is 0.516. The number of carboxylic acids is 1. The van der Waals surface area contributed by atoms with Crippen LogP contribution in [0, 0.1) is 0 Å². The lowest BCUT2D eigenvalue weighted by atomic mass is 10.1. The van der Waals surface area contributed by atoms with Gasteiger partial charge in [0.25, 0.3) is 5.91 Å². The first-order valence-corrected chi connectivity index (χ1v) is 10.1. The van der Waals surface area contributed by atoms with Gasteiger partial charge in [0.15, 0.2) is 0 Å². The predicted octanol–water partition coefficient (Wildman–Crippen LogP) is 3.97. The molecule has 0 spiro atoms. The van der Waals surface area contributed by atoms with Gasteiger partial charge in [-0.25, -0.2) is 4.79 Å². The number of carbonyl (C=O) groups excluding carboxylic acids is 1. The van der Waals surface area contributed by atoms with E-state index in [2.05, 4.69) is 12.2 Å². The molecule has 1 aromatic rings. The van der Waals surface area contributed by atoms with Gasteiger partial charge >= 0.3 is 5.97 Å². The van der Waals surface area contributed by atoms with Gasteiger partial charge < -0.3 is 15.2 Å². The Hall–Kier alpha value is -1.69. The van der Waals surface area contributed by atoms with Crippen LogP contribution in [0.25, 0.3) is 0 Å². The van der Waals surface area contributed by atoms with Crippen molar-refractivity contribution in [3.8, 4) is 5.75 Å². The van der Waals surface area contributed by atoms with E-state index < -0.39 is 12.0 Å². The number of aliphatic carboxylic acids is 1. The van der Waals surface area contributed by atoms with E-state index in [1.807, 2.05) is 6.92 Å². The monoisotopic (exact) mass is 367 g/mol. The number of thioether (sulfide) groups is 1. The Balaban J connectivity index is 2.47. The van der Waals surface area contributed by atoms with Crippen molar-refractivity contribution < 1.29 is 19.4 Å². The van der Waals surface area contributed by atoms with Crippen molar-refractivity contribution in [3.05, 3.63) is 29.8 Å². The van der Waals surface area contributed by atoms with E-state index in [4.69, 9.17) is 4.74 Å². The molecule has 1 unspecified atom stereocenters. The molecule has 0 saturated heterocycles. The zero-order chi connectivity index (χ0) is 18.5. The average Bonchev–Trinajstić information content (AvgIpc) is 2.61. The van der Waals surface area contributed by atoms with Crippen molar-refractivity contribution >= 4 is 23.6 Å². The molecule has 0 radical (unpaired) electrons. The predicted molar refractivity (Wildman–Crippen MR) is 103 cm³/mol. The third kappa shape index (κ3) is 8.82. The number of hydrogen-bond donors (Lipinski definition) is 2. The first-order valence-electron chi connectivity index (χ1n) is 8.92. The van der Waals surface area contributed by atoms with Gasteiger partial charge in [-0.1, -0.05) is 33.1 Å². The van der Waals surface area contributed by atoms with Crippen molar-refractivity contribution in [2.24, 2.45) is 0 Å². The van der Waals surface area contributed by atoms with Crippen LogP contribution in [0.4, 0.5) is 0 Å². The summed E-state index contributed by atoms with van der Waals surface area (Å²) in [6.07, 6.45) is 5.00. The molecule has 1 amide bonds. The first kappa shape index (κ1) is 21.4. The maximum absolute atomic E-state index is 12.2. The Bertz CT molecular complexity index is 519. The van der Waals surface area contributed by atoms with Gasteiger partial charge in [-0.2, -0.15) is 11.8 Å². The van der Waals surface area contributed by atoms with Crippen LogP contribution in [-0.2, 0) is 4.79 Å². The summed E-state index contributed by atoms with van der Waals surface area (Å²) in [5.41, 5.74) is 0.438. The molecule has 0 heterocycles. The van der Waals surface area contributed by atoms with Crippen molar-refractivity contribution in [1.82, 2.24) is 5.32 Å². The molecule has 2 N–H and O–H groups in total. The molecule has 1 atom stereocenters. The normalized spacial score (nSPS) is 11.8. The van der Waals surface area contributed by atoms with Crippen molar-refractivity contribution in [2.75, 3.05) is 18.1 Å². The summed E-state index contributed by atoms with van der Waals surface area (Å²) in [7, 11) is 0. The third-order valence-electron chi connectivity index (χ3n) is 3.74. The van der Waals surface area contributed by atoms with Crippen LogP contribution in [0.1, 0.15) is 56.3 Å². The Morgan fingerprint density at radius 3 is 2.48 bits per heavy atom. The largest absolute Gasteiger partial charge is 0.494 e. The summed E-state index contributed by atoms with van der Waals surface area (Å²) in [4.78, 5) is 23.5. The summed E-state index contributed by atoms with van der Waals surface area (Å²) < 4.78 is 5.64. The highest BCUT2D eigenvalue weighted by Gasteiger charge is 2.20. The molecule has 6 heteroatoms. The highest BCUT2D eigenvalue weighted by Crippen LogP contribution is 2.14. The summed E-state index contributed by atoms with van der Waals surface area (Å²) in [6.45, 7) is 4.86. The van der Waals surface area contributed by atoms with Crippen LogP contribution < -0.4 is 10.1 Å². The molecule has 1 aromatic carbocycles. The van der Waals surface area contributed by atoms with Crippen LogP contribution in [0.5, 0.6) is 5.75 Å². The maximum atomic E-state index is 12.2. The minimum absolute atomic E-state index is 0.372. The van der Waals surface area contributed by atoms with Gasteiger partial charge in [0.05, 0.1) is 6.61 Å². The number of benzene rings is 1. The summed E-state index contributed by atoms with van der Waals surface area (Å²) in [6, 6.07) is 5.96. The first-order chi connectivity index (χ1) is 12.1. The van der Waals surface area contributed by atoms with Gasteiger partial charge in [0.2, 0.25) is 0 Å². The molecule has 0 aromatic heterocycles. The highest BCUT2D eigenvalue weighted by molar-refractivity contribution is 7.99. The van der Waals surface area contributed by atoms with Crippen LogP contribution in [0.15, 0.2) is 24.3 Å². The highest BCUT2D eigenvalue weighted by atomic mass is 32.2. The van der Waals surface area contributed by atoms with Crippen LogP contribution >= 0.6 is 11.8 Å². The summed E-state index contributed by atoms with van der Waals surface area (Å²) in [5, 5.41) is 11.8. The standard InChI is InChI=1S/C19H29NO4S/c1-3-5-6-7-13-24-16-10-8-15(9-11-16)18(21)20-17(19(22)23)12-14-25-4-2/h8-11,17H,3-7,12-14H2,1-2H3,(H,20,21)(H,22,23). The van der Waals surface area contributed by atoms with Crippen LogP contribution in [-0.4, -0.2) is 41.1 Å². The molecule has 1 rings (SSSR count). The third-order valence-corrected chi connectivity index (χ3v) is 4.67. The molecule has 5 nitrogen and oxygen atoms in total. The van der Waals surface area contributed by atoms with Crippen molar-refractivity contribution in [1.29, 1.82) is 0 Å². The van der Waals surface area contributed by atoms with E-state index in [1.165, 1.54) is 12.8 Å². The molecule has 0 fully saturated rings. The summed E-state index contributed by atoms with van der Waals surface area (Å²) >= 11 is 1.66. The maximum Gasteiger partial charge on any atom is 0.326 e. The van der Waals surface area contributed by atoms with Crippen molar-refractivity contribution in [3.63, 3.8) is 0 Å². The van der Waals surface area contributed by atoms with E-state index in [-0.39, 0.29) is 5.91 Å². The SMILES string of the molecule is CCCCCCOc1ccc(C(=O)NC(CCSCC)C(=O)O)cc1. The second kappa shape index (κ2) is 12.6. The number of carbonyl (C=O) groups is 2. The van der Waals surface area contributed by atoms with E-state index in [9.17, 15) is 14.7 Å². The molecule has 25 heavy (non-hydrogen) atoms. The smallest absolute Gasteiger partial charge is 0.326 e. The number of amides is 1. The average molecular weight is 368 g/mol. The van der Waals surface area contributed by atoms with Gasteiger partial charge in [-0.05, 0) is 48.6 Å². The second-order valence-corrected chi connectivity index (χ2v) is 7.18. The van der Waals surface area contributed by atoms with E-state index >= 15 is 0 Å². The number of ether oxygens (including phenoxy) is 1. The summed E-state index contributed by atoms with van der Waals surface area (Å²) in [5.74, 6) is 0.987. The number of carboxylic acid groups (broad SMARTS) is 1. The number of unbranched alkanes of at least 4 members (excludes halogenated alkanes) is 3. The molecule has 0 aliphatic rings. The van der Waals surface area contributed by atoms with Crippen LogP contribution in [0.2, 0.25) is 0 Å². The fraction of sp³-hybridized carbons (Fsp3) is 0.579. The van der Waals surface area contributed by atoms with Gasteiger partial charge in [0, 0.05) is 5.56 Å². The number of nitrogens with one attached hydrogen (secondary N) is 1. The zero-order valence-corrected chi connectivity index (χ0v) is 15.9. The Morgan fingerprint density at radius 2 is 1.88 bits per heavy atom. The van der Waals surface area contributed by atoms with E-state index in [1.54, 1.807) is 36.0 Å². The van der Waals surface area contributed by atoms with Crippen molar-refractivity contribution in [2.45, 2.75) is 52.0 Å². The molecule has 0 saturated carbocycles. The Kier molecular flexibility index (Phi) is 10.8. The minimum Gasteiger partial charge on any atom is -0.494 e. The van der Waals surface area contributed by atoms with Gasteiger partial charge in [-0.3, -0.25) is 4.79 Å².